The number of nitrogens with two attached hydrogens (primary N) is 1. The number of halogens is 2. The van der Waals surface area contributed by atoms with Crippen LogP contribution in [0.15, 0.2) is 57.5 Å². The highest BCUT2D eigenvalue weighted by molar-refractivity contribution is 9.10. The third kappa shape index (κ3) is 14.1. The number of hydrogen-bond donors (Lipinski definition) is 1. The van der Waals surface area contributed by atoms with Crippen molar-refractivity contribution in [3.63, 3.8) is 0 Å². The molecule has 10 nitrogen and oxygen atoms in total. The van der Waals surface area contributed by atoms with Gasteiger partial charge in [-0.25, -0.2) is 0 Å². The van der Waals surface area contributed by atoms with Gasteiger partial charge in [0, 0.05) is 47.4 Å². The Morgan fingerprint density at radius 1 is 0.587 bits per heavy atom. The van der Waals surface area contributed by atoms with Gasteiger partial charge in [0.25, 0.3) is 0 Å². The molecular weight excluding hydrogens is 716 g/mol. The molecule has 2 aromatic heterocycles. The Kier molecular flexibility index (Phi) is 14.8. The molecule has 0 bridgehead atoms. The molecule has 3 aromatic rings. The standard InChI is InChI=1S/C34H42Br2N6O4/c1-23(43)15-41(16-24(2)44)21-33-13-28(35)11-31(38-33)19-40(10-9-27-5-7-30(37)8-6-27)20-32-12-29(36)14-34(39-32)22-42(17-25(3)45)18-26(4)46/h5-8,11-14H,9-10,15-22,37H2,1-4H3. The molecule has 0 aliphatic carbocycles. The third-order valence-corrected chi connectivity index (χ3v) is 7.73. The summed E-state index contributed by atoms with van der Waals surface area (Å²) in [6, 6.07) is 15.6. The van der Waals surface area contributed by atoms with Crippen LogP contribution in [0.25, 0.3) is 0 Å². The van der Waals surface area contributed by atoms with E-state index in [2.05, 4.69) is 36.8 Å². The van der Waals surface area contributed by atoms with E-state index in [1.807, 2.05) is 48.5 Å². The fourth-order valence-corrected chi connectivity index (χ4v) is 6.30. The summed E-state index contributed by atoms with van der Waals surface area (Å²) in [5.74, 6) is -0.0670. The normalized spacial score (nSPS) is 11.4. The summed E-state index contributed by atoms with van der Waals surface area (Å²) < 4.78 is 1.71. The number of nitrogens with zero attached hydrogens (tertiary/aromatic N) is 5. The van der Waals surface area contributed by atoms with Gasteiger partial charge in [0.15, 0.2) is 0 Å². The van der Waals surface area contributed by atoms with Crippen LogP contribution in [0, 0.1) is 0 Å². The lowest BCUT2D eigenvalue weighted by atomic mass is 10.1. The maximum Gasteiger partial charge on any atom is 0.143 e. The highest BCUT2D eigenvalue weighted by Crippen LogP contribution is 2.20. The van der Waals surface area contributed by atoms with Gasteiger partial charge in [-0.15, -0.1) is 0 Å². The Bertz CT molecular complexity index is 1410. The van der Waals surface area contributed by atoms with Crippen LogP contribution in [-0.2, 0) is 51.8 Å². The summed E-state index contributed by atoms with van der Waals surface area (Å²) in [5, 5.41) is 0. The SMILES string of the molecule is CC(=O)CN(CC(C)=O)Cc1cc(Br)cc(CN(CCc2ccc(N)cc2)Cc2cc(Br)cc(CN(CC(C)=O)CC(C)=O)n2)n1. The van der Waals surface area contributed by atoms with Crippen molar-refractivity contribution in [3.8, 4) is 0 Å². The van der Waals surface area contributed by atoms with E-state index in [1.54, 1.807) is 9.80 Å². The van der Waals surface area contributed by atoms with Crippen LogP contribution < -0.4 is 5.73 Å². The van der Waals surface area contributed by atoms with Crippen molar-refractivity contribution in [1.82, 2.24) is 24.7 Å². The fraction of sp³-hybridized carbons (Fsp3) is 0.412. The van der Waals surface area contributed by atoms with Gasteiger partial charge in [-0.05, 0) is 76.1 Å². The molecule has 1 aromatic carbocycles. The third-order valence-electron chi connectivity index (χ3n) is 6.82. The van der Waals surface area contributed by atoms with Gasteiger partial charge in [-0.3, -0.25) is 43.8 Å². The van der Waals surface area contributed by atoms with Crippen molar-refractivity contribution >= 4 is 60.7 Å². The molecule has 0 amide bonds. The van der Waals surface area contributed by atoms with Gasteiger partial charge >= 0.3 is 0 Å². The molecule has 2 heterocycles. The quantitative estimate of drug-likeness (QED) is 0.171. The van der Waals surface area contributed by atoms with Crippen molar-refractivity contribution in [1.29, 1.82) is 0 Å². The van der Waals surface area contributed by atoms with E-state index in [1.165, 1.54) is 27.7 Å². The van der Waals surface area contributed by atoms with E-state index in [0.29, 0.717) is 38.4 Å². The highest BCUT2D eigenvalue weighted by atomic mass is 79.9. The molecule has 46 heavy (non-hydrogen) atoms. The number of benzene rings is 1. The molecule has 0 fully saturated rings. The van der Waals surface area contributed by atoms with E-state index >= 15 is 0 Å². The molecule has 0 aliphatic rings. The monoisotopic (exact) mass is 756 g/mol. The summed E-state index contributed by atoms with van der Waals surface area (Å²) in [6.45, 7) is 9.20. The van der Waals surface area contributed by atoms with Gasteiger partial charge in [0.2, 0.25) is 0 Å². The Balaban J connectivity index is 1.88. The lowest BCUT2D eigenvalue weighted by molar-refractivity contribution is -0.122. The minimum atomic E-state index is -0.0167. The number of aromatic nitrogens is 2. The predicted molar refractivity (Wildman–Crippen MR) is 186 cm³/mol. The lowest BCUT2D eigenvalue weighted by Crippen LogP contribution is -2.33. The predicted octanol–water partition coefficient (Wildman–Crippen LogP) is 4.79. The largest absolute Gasteiger partial charge is 0.399 e. The molecule has 12 heteroatoms. The number of Topliss-reactive ketones (excluding diaryl/α,β-unsaturated/α-hetero) is 4. The van der Waals surface area contributed by atoms with E-state index < -0.39 is 0 Å². The van der Waals surface area contributed by atoms with Crippen LogP contribution in [0.4, 0.5) is 5.69 Å². The molecule has 2 N–H and O–H groups in total. The Hall–Kier alpha value is -3.16. The van der Waals surface area contributed by atoms with Crippen LogP contribution >= 0.6 is 31.9 Å². The second-order valence-corrected chi connectivity index (χ2v) is 13.7. The Morgan fingerprint density at radius 2 is 0.913 bits per heavy atom. The molecule has 0 spiro atoms. The number of pyridine rings is 2. The van der Waals surface area contributed by atoms with Gasteiger partial charge in [0.1, 0.15) is 23.1 Å². The zero-order valence-electron chi connectivity index (χ0n) is 26.9. The smallest absolute Gasteiger partial charge is 0.143 e. The maximum absolute atomic E-state index is 11.8. The summed E-state index contributed by atoms with van der Waals surface area (Å²) in [5.41, 5.74) is 10.9. The zero-order valence-corrected chi connectivity index (χ0v) is 30.1. The number of rotatable bonds is 19. The first-order chi connectivity index (χ1) is 21.7. The molecule has 246 valence electrons. The average Bonchev–Trinajstić information content (AvgIpc) is 2.90. The molecular formula is C34H42Br2N6O4. The van der Waals surface area contributed by atoms with Crippen LogP contribution in [0.3, 0.4) is 0 Å². The first-order valence-electron chi connectivity index (χ1n) is 15.0. The van der Waals surface area contributed by atoms with E-state index in [9.17, 15) is 19.2 Å². The van der Waals surface area contributed by atoms with Crippen molar-refractivity contribution in [2.24, 2.45) is 0 Å². The molecule has 0 aliphatic heterocycles. The molecule has 0 atom stereocenters. The zero-order chi connectivity index (χ0) is 33.8. The van der Waals surface area contributed by atoms with Gasteiger partial charge < -0.3 is 5.73 Å². The van der Waals surface area contributed by atoms with Crippen molar-refractivity contribution in [2.45, 2.75) is 60.3 Å². The number of carbonyl (C=O) groups is 4. The minimum Gasteiger partial charge on any atom is -0.399 e. The van der Waals surface area contributed by atoms with E-state index in [0.717, 1.165) is 43.7 Å². The topological polar surface area (TPSA) is 130 Å². The summed E-state index contributed by atoms with van der Waals surface area (Å²) in [6.07, 6.45) is 0.776. The fourth-order valence-electron chi connectivity index (χ4n) is 5.24. The first-order valence-corrected chi connectivity index (χ1v) is 16.6. The molecule has 0 saturated carbocycles. The van der Waals surface area contributed by atoms with Crippen molar-refractivity contribution in [2.75, 3.05) is 38.5 Å². The second kappa shape index (κ2) is 18.2. The van der Waals surface area contributed by atoms with Crippen LogP contribution in [-0.4, -0.2) is 80.5 Å². The van der Waals surface area contributed by atoms with Crippen LogP contribution in [0.1, 0.15) is 56.0 Å². The van der Waals surface area contributed by atoms with Crippen molar-refractivity contribution < 1.29 is 19.2 Å². The Morgan fingerprint density at radius 3 is 1.24 bits per heavy atom. The number of hydrogen-bond acceptors (Lipinski definition) is 10. The molecule has 0 saturated heterocycles. The summed E-state index contributed by atoms with van der Waals surface area (Å²) in [7, 11) is 0. The minimum absolute atomic E-state index is 0.0167. The average molecular weight is 759 g/mol. The Labute approximate surface area is 288 Å². The highest BCUT2D eigenvalue weighted by Gasteiger charge is 2.17. The molecule has 0 radical (unpaired) electrons. The van der Waals surface area contributed by atoms with Gasteiger partial charge in [-0.1, -0.05) is 44.0 Å². The first kappa shape index (κ1) is 37.3. The summed E-state index contributed by atoms with van der Waals surface area (Å²) >= 11 is 7.25. The van der Waals surface area contributed by atoms with E-state index in [4.69, 9.17) is 15.7 Å². The number of anilines is 1. The van der Waals surface area contributed by atoms with Gasteiger partial charge in [0.05, 0.1) is 49.0 Å². The van der Waals surface area contributed by atoms with Crippen LogP contribution in [0.2, 0.25) is 0 Å². The van der Waals surface area contributed by atoms with Crippen molar-refractivity contribution in [3.05, 3.63) is 85.8 Å². The lowest BCUT2D eigenvalue weighted by Gasteiger charge is -2.24. The summed E-state index contributed by atoms with van der Waals surface area (Å²) in [4.78, 5) is 63.1. The number of ketones is 4. The molecule has 3 rings (SSSR count). The number of carbonyl (C=O) groups excluding carboxylic acids is 4. The maximum atomic E-state index is 11.8. The van der Waals surface area contributed by atoms with Crippen LogP contribution in [0.5, 0.6) is 0 Å². The number of nitrogen functional groups attached to an aromatic ring is 1. The second-order valence-electron chi connectivity index (χ2n) is 11.8. The molecule has 0 unspecified atom stereocenters. The van der Waals surface area contributed by atoms with E-state index in [-0.39, 0.29) is 49.3 Å². The van der Waals surface area contributed by atoms with Gasteiger partial charge in [-0.2, -0.15) is 0 Å².